The van der Waals surface area contributed by atoms with E-state index in [1.54, 1.807) is 7.11 Å². The van der Waals surface area contributed by atoms with Gasteiger partial charge in [-0.1, -0.05) is 0 Å². The molecule has 0 saturated carbocycles. The molecule has 0 amide bonds. The minimum absolute atomic E-state index is 0. The van der Waals surface area contributed by atoms with Gasteiger partial charge in [0.2, 0.25) is 0 Å². The summed E-state index contributed by atoms with van der Waals surface area (Å²) in [4.78, 5) is 0. The molecule has 0 unspecified atom stereocenters. The maximum atomic E-state index is 4.39. The van der Waals surface area contributed by atoms with E-state index in [2.05, 4.69) is 4.43 Å². The van der Waals surface area contributed by atoms with Crippen molar-refractivity contribution >= 4 is 10.5 Å². The number of hydrogen-bond acceptors (Lipinski definition) is 1. The second-order valence-electron chi connectivity index (χ2n) is 0.408. The minimum Gasteiger partial charge on any atom is -1.00 e. The van der Waals surface area contributed by atoms with Crippen molar-refractivity contribution in [3.63, 3.8) is 0 Å². The predicted octanol–water partition coefficient (Wildman–Crippen LogP) is -3.97. The van der Waals surface area contributed by atoms with E-state index in [9.17, 15) is 0 Å². The van der Waals surface area contributed by atoms with Gasteiger partial charge in [0.25, 0.3) is 0 Å². The largest absolute Gasteiger partial charge is 1.00 e. The summed E-state index contributed by atoms with van der Waals surface area (Å²) < 4.78 is 4.39. The van der Waals surface area contributed by atoms with Gasteiger partial charge < -0.3 is 5.85 Å². The summed E-state index contributed by atoms with van der Waals surface area (Å²) in [5, 5.41) is 0. The van der Waals surface area contributed by atoms with Crippen LogP contribution in [0.3, 0.4) is 0 Å². The Balaban J connectivity index is -0.0000000200. The first kappa shape index (κ1) is 8.95. The van der Waals surface area contributed by atoms with Gasteiger partial charge in [-0.05, 0) is 0 Å². The molecule has 0 bridgehead atoms. The molecule has 0 aliphatic rings. The molecule has 22 valence electrons. The molecular weight excluding hydrogens is 79.1 g/mol. The Hall–Kier alpha value is 1.18. The average molecular weight is 86.1 g/mol. The molecule has 4 heavy (non-hydrogen) atoms. The fourth-order valence-electron chi connectivity index (χ4n) is 0. The van der Waals surface area contributed by atoms with Crippen LogP contribution in [0.5, 0.6) is 0 Å². The van der Waals surface area contributed by atoms with Gasteiger partial charge in [-0.2, -0.15) is 0 Å². The van der Waals surface area contributed by atoms with E-state index in [4.69, 9.17) is 0 Å². The summed E-state index contributed by atoms with van der Waals surface area (Å²) in [6.07, 6.45) is 0. The van der Waals surface area contributed by atoms with Crippen molar-refractivity contribution in [3.05, 3.63) is 0 Å². The van der Waals surface area contributed by atoms with Crippen molar-refractivity contribution in [2.45, 2.75) is 0 Å². The molecule has 0 heterocycles. The van der Waals surface area contributed by atoms with E-state index < -0.39 is 0 Å². The van der Waals surface area contributed by atoms with E-state index in [1.807, 2.05) is 0 Å². The van der Waals surface area contributed by atoms with Gasteiger partial charge in [0.15, 0.2) is 0 Å². The topological polar surface area (TPSA) is 9.23 Å². The molecule has 0 spiro atoms. The summed E-state index contributed by atoms with van der Waals surface area (Å²) in [6, 6.07) is 0. The van der Waals surface area contributed by atoms with Crippen LogP contribution in [0.4, 0.5) is 0 Å². The van der Waals surface area contributed by atoms with Crippen LogP contribution < -0.4 is 29.6 Å². The zero-order chi connectivity index (χ0) is 2.71. The monoisotopic (exact) mass is 86.0 g/mol. The van der Waals surface area contributed by atoms with Crippen LogP contribution >= 0.6 is 0 Å². The van der Waals surface area contributed by atoms with Crippen molar-refractivity contribution in [1.29, 1.82) is 0 Å². The zero-order valence-electron chi connectivity index (χ0n) is 4.41. The fraction of sp³-hybridized carbons (Fsp3) is 1.00. The molecule has 0 N–H and O–H groups in total. The first-order chi connectivity index (χ1) is 1.41. The number of hydrogen-bond donors (Lipinski definition) is 0. The molecule has 0 rings (SSSR count). The first-order valence-electron chi connectivity index (χ1n) is 0.816. The smallest absolute Gasteiger partial charge is 1.00 e. The van der Waals surface area contributed by atoms with E-state index in [-0.39, 0.29) is 31.0 Å². The third-order valence-corrected chi connectivity index (χ3v) is 0. The van der Waals surface area contributed by atoms with Gasteiger partial charge in [-0.25, -0.2) is 0 Å². The first-order valence-corrected chi connectivity index (χ1v) is 1.63. The van der Waals surface area contributed by atoms with Crippen LogP contribution in [-0.2, 0) is 4.43 Å². The third kappa shape index (κ3) is 10.9. The Kier molecular flexibility index (Phi) is 19.9. The molecule has 0 aromatic rings. The van der Waals surface area contributed by atoms with E-state index in [0.717, 1.165) is 10.5 Å². The third-order valence-electron chi connectivity index (χ3n) is 0. The Morgan fingerprint density at radius 1 is 2.00 bits per heavy atom. The summed E-state index contributed by atoms with van der Waals surface area (Å²) in [6.45, 7) is 0. The van der Waals surface area contributed by atoms with Gasteiger partial charge in [0.05, 0.1) is 0 Å². The molecule has 0 aliphatic carbocycles. The fourth-order valence-corrected chi connectivity index (χ4v) is 0. The Bertz CT molecular complexity index is 11.6. The second-order valence-corrected chi connectivity index (χ2v) is 1.22. The Morgan fingerprint density at radius 2 is 2.00 bits per heavy atom. The normalized spacial score (nSPS) is 5.25. The molecule has 0 aromatic heterocycles. The van der Waals surface area contributed by atoms with Crippen LogP contribution in [0.1, 0.15) is 1.43 Å². The Morgan fingerprint density at radius 3 is 2.00 bits per heavy atom. The van der Waals surface area contributed by atoms with Crippen LogP contribution in [0, 0.1) is 0 Å². The second kappa shape index (κ2) is 8.90. The maximum absolute atomic E-state index is 4.39. The van der Waals surface area contributed by atoms with Gasteiger partial charge >= 0.3 is 29.6 Å². The Labute approximate surface area is 53.0 Å². The molecule has 0 fully saturated rings. The standard InChI is InChI=1S/CH6OSi.Na.H/c1-2-3;;/h1,3H3;;/q;+1;-1. The summed E-state index contributed by atoms with van der Waals surface area (Å²) >= 11 is 0. The van der Waals surface area contributed by atoms with Crippen molar-refractivity contribution in [3.8, 4) is 0 Å². The van der Waals surface area contributed by atoms with E-state index in [1.165, 1.54) is 0 Å². The van der Waals surface area contributed by atoms with Crippen molar-refractivity contribution in [2.24, 2.45) is 0 Å². The van der Waals surface area contributed by atoms with Crippen LogP contribution in [-0.4, -0.2) is 17.6 Å². The van der Waals surface area contributed by atoms with Gasteiger partial charge in [-0.3, -0.25) is 0 Å². The average Bonchev–Trinajstić information content (AvgIpc) is 0.918. The summed E-state index contributed by atoms with van der Waals surface area (Å²) in [5.41, 5.74) is 0. The predicted molar refractivity (Wildman–Crippen MR) is 18.1 cm³/mol. The number of rotatable bonds is 0. The SMILES string of the molecule is CO[SiH3].[H-].[Na+]. The molecule has 0 aliphatic heterocycles. The van der Waals surface area contributed by atoms with Crippen LogP contribution in [0.2, 0.25) is 0 Å². The van der Waals surface area contributed by atoms with Crippen LogP contribution in [0.25, 0.3) is 0 Å². The molecule has 1 nitrogen and oxygen atoms in total. The molecule has 0 radical (unpaired) electrons. The molecule has 0 aromatic carbocycles. The van der Waals surface area contributed by atoms with Crippen LogP contribution in [0.15, 0.2) is 0 Å². The molecular formula is CH7NaOSi. The van der Waals surface area contributed by atoms with E-state index >= 15 is 0 Å². The van der Waals surface area contributed by atoms with Crippen molar-refractivity contribution < 1.29 is 35.4 Å². The van der Waals surface area contributed by atoms with Crippen molar-refractivity contribution in [1.82, 2.24) is 0 Å². The quantitative estimate of drug-likeness (QED) is 0.273. The zero-order valence-corrected chi connectivity index (χ0v) is 7.41. The van der Waals surface area contributed by atoms with Gasteiger partial charge in [0.1, 0.15) is 10.5 Å². The minimum atomic E-state index is 0. The molecule has 0 saturated heterocycles. The maximum Gasteiger partial charge on any atom is 1.00 e. The van der Waals surface area contributed by atoms with Gasteiger partial charge in [-0.15, -0.1) is 0 Å². The molecule has 3 heteroatoms. The van der Waals surface area contributed by atoms with E-state index in [0.29, 0.717) is 0 Å². The summed E-state index contributed by atoms with van der Waals surface area (Å²) in [5.74, 6) is 0. The summed E-state index contributed by atoms with van der Waals surface area (Å²) in [7, 11) is 2.56. The molecule has 0 atom stereocenters. The van der Waals surface area contributed by atoms with Gasteiger partial charge in [0, 0.05) is 7.11 Å². The van der Waals surface area contributed by atoms with Crippen molar-refractivity contribution in [2.75, 3.05) is 7.11 Å².